The second kappa shape index (κ2) is 5.51. The van der Waals surface area contributed by atoms with Gasteiger partial charge >= 0.3 is 74.0 Å². The summed E-state index contributed by atoms with van der Waals surface area (Å²) in [7, 11) is 0. The summed E-state index contributed by atoms with van der Waals surface area (Å²) in [6.07, 6.45) is 0. The molecule has 0 aromatic heterocycles. The van der Waals surface area contributed by atoms with E-state index in [9.17, 15) is 0 Å². The Bertz CT molecular complexity index is 76.8. The van der Waals surface area contributed by atoms with E-state index in [2.05, 4.69) is 34.6 Å². The second-order valence-corrected chi connectivity index (χ2v) is 15.9. The second-order valence-electron chi connectivity index (χ2n) is 4.04. The Morgan fingerprint density at radius 3 is 1.70 bits per heavy atom. The normalized spacial score (nSPS) is 11.1. The molecule has 0 saturated carbocycles. The van der Waals surface area contributed by atoms with Crippen molar-refractivity contribution in [1.29, 1.82) is 0 Å². The predicted octanol–water partition coefficient (Wildman–Crippen LogP) is 3.57. The van der Waals surface area contributed by atoms with Crippen LogP contribution < -0.4 is 0 Å². The Morgan fingerprint density at radius 2 is 1.60 bits per heavy atom. The van der Waals surface area contributed by atoms with Crippen LogP contribution in [0.4, 0.5) is 0 Å². The van der Waals surface area contributed by atoms with Gasteiger partial charge in [0.1, 0.15) is 0 Å². The van der Waals surface area contributed by atoms with Crippen LogP contribution in [-0.2, 0) is 0 Å². The average Bonchev–Trinajstić information content (AvgIpc) is 1.81. The summed E-state index contributed by atoms with van der Waals surface area (Å²) in [5, 5.41) is 0. The summed E-state index contributed by atoms with van der Waals surface area (Å²) in [4.78, 5) is 0. The van der Waals surface area contributed by atoms with Gasteiger partial charge in [-0.25, -0.2) is 0 Å². The average molecular weight is 244 g/mol. The van der Waals surface area contributed by atoms with Gasteiger partial charge in [0.15, 0.2) is 0 Å². The Kier molecular flexibility index (Phi) is 5.99. The molecule has 0 radical (unpaired) electrons. The van der Waals surface area contributed by atoms with Crippen LogP contribution in [0, 0.1) is 5.92 Å². The van der Waals surface area contributed by atoms with Crippen LogP contribution >= 0.6 is 0 Å². The molecule has 60 valence electrons. The fourth-order valence-electron chi connectivity index (χ4n) is 1.52. The zero-order chi connectivity index (χ0) is 8.15. The number of rotatable bonds is 4. The summed E-state index contributed by atoms with van der Waals surface area (Å²) in [6, 6.07) is 0. The summed E-state index contributed by atoms with van der Waals surface area (Å²) >= 11 is -1.00. The summed E-state index contributed by atoms with van der Waals surface area (Å²) in [5.41, 5.74) is 0. The quantitative estimate of drug-likeness (QED) is 0.709. The zero-order valence-corrected chi connectivity index (χ0v) is 11.4. The van der Waals surface area contributed by atoms with E-state index in [1.165, 1.54) is 0 Å². The molecule has 0 nitrogen and oxygen atoms in total. The van der Waals surface area contributed by atoms with Gasteiger partial charge in [-0.1, -0.05) is 0 Å². The zero-order valence-electron chi connectivity index (χ0n) is 8.15. The molecule has 0 spiro atoms. The molecule has 0 amide bonds. The van der Waals surface area contributed by atoms with E-state index in [1.54, 1.807) is 8.35 Å². The molecule has 0 rings (SSSR count). The van der Waals surface area contributed by atoms with Crippen molar-refractivity contribution < 1.29 is 0 Å². The number of hydrogen-bond donors (Lipinski definition) is 0. The van der Waals surface area contributed by atoms with Gasteiger partial charge in [-0.2, -0.15) is 0 Å². The van der Waals surface area contributed by atoms with Crippen molar-refractivity contribution in [3.8, 4) is 0 Å². The van der Waals surface area contributed by atoms with Crippen molar-refractivity contribution in [2.24, 2.45) is 5.92 Å². The molecular formula is C9H21In. The molecule has 0 aliphatic rings. The third kappa shape index (κ3) is 4.65. The summed E-state index contributed by atoms with van der Waals surface area (Å²) in [6.45, 7) is 12.0. The van der Waals surface area contributed by atoms with E-state index in [4.69, 9.17) is 0 Å². The monoisotopic (exact) mass is 244 g/mol. The van der Waals surface area contributed by atoms with Crippen LogP contribution in [0.1, 0.15) is 34.6 Å². The molecule has 0 unspecified atom stereocenters. The Labute approximate surface area is 73.9 Å². The minimum atomic E-state index is -1.00. The van der Waals surface area contributed by atoms with Gasteiger partial charge in [0.05, 0.1) is 0 Å². The molecule has 0 saturated heterocycles. The standard InChI is InChI=1S/C4H9.C3H7.C2H5.In/c1-4(2)3;1-3-2;1-2;/h4H,1H2,2-3H3;3H,1-2H3;1H2,2H3;. The number of hydrogen-bond acceptors (Lipinski definition) is 0. The van der Waals surface area contributed by atoms with Crippen LogP contribution in [0.2, 0.25) is 12.0 Å². The maximum atomic E-state index is 2.42. The Balaban J connectivity index is 3.60. The molecule has 0 atom stereocenters. The first-order valence-electron chi connectivity index (χ1n) is 4.57. The maximum absolute atomic E-state index is 2.42. The molecule has 0 fully saturated rings. The molecule has 10 heavy (non-hydrogen) atoms. The first-order valence-corrected chi connectivity index (χ1v) is 11.1. The van der Waals surface area contributed by atoms with Crippen LogP contribution in [0.3, 0.4) is 0 Å². The third-order valence-electron chi connectivity index (χ3n) is 2.24. The van der Waals surface area contributed by atoms with Gasteiger partial charge in [0, 0.05) is 0 Å². The Hall–Kier alpha value is 0.870. The van der Waals surface area contributed by atoms with E-state index in [1.807, 2.05) is 0 Å². The van der Waals surface area contributed by atoms with Crippen molar-refractivity contribution in [3.05, 3.63) is 0 Å². The fourth-order valence-corrected chi connectivity index (χ4v) is 10.2. The van der Waals surface area contributed by atoms with Crippen LogP contribution in [0.15, 0.2) is 0 Å². The molecule has 0 N–H and O–H groups in total. The molecule has 0 aromatic carbocycles. The van der Waals surface area contributed by atoms with Gasteiger partial charge in [-0.05, 0) is 0 Å². The van der Waals surface area contributed by atoms with Crippen molar-refractivity contribution in [3.63, 3.8) is 0 Å². The van der Waals surface area contributed by atoms with Gasteiger partial charge in [0.2, 0.25) is 0 Å². The summed E-state index contributed by atoms with van der Waals surface area (Å²) in [5.74, 6) is 0.961. The van der Waals surface area contributed by atoms with Gasteiger partial charge in [0.25, 0.3) is 0 Å². The van der Waals surface area contributed by atoms with Crippen molar-refractivity contribution in [1.82, 2.24) is 0 Å². The molecule has 0 aliphatic carbocycles. The molecule has 0 aliphatic heterocycles. The van der Waals surface area contributed by atoms with E-state index in [0.29, 0.717) is 0 Å². The van der Waals surface area contributed by atoms with Crippen LogP contribution in [0.25, 0.3) is 0 Å². The Morgan fingerprint density at radius 1 is 1.10 bits per heavy atom. The van der Waals surface area contributed by atoms with Gasteiger partial charge in [-0.15, -0.1) is 0 Å². The predicted molar refractivity (Wildman–Crippen MR) is 51.0 cm³/mol. The van der Waals surface area contributed by atoms with E-state index in [0.717, 1.165) is 9.59 Å². The van der Waals surface area contributed by atoms with Crippen molar-refractivity contribution >= 4 is 21.4 Å². The van der Waals surface area contributed by atoms with Crippen LogP contribution in [0.5, 0.6) is 0 Å². The van der Waals surface area contributed by atoms with E-state index < -0.39 is 21.4 Å². The fraction of sp³-hybridized carbons (Fsp3) is 1.00. The van der Waals surface area contributed by atoms with E-state index >= 15 is 0 Å². The van der Waals surface area contributed by atoms with Crippen molar-refractivity contribution in [2.45, 2.75) is 46.6 Å². The topological polar surface area (TPSA) is 0 Å². The third-order valence-corrected chi connectivity index (χ3v) is 15.0. The molecule has 1 heteroatoms. The van der Waals surface area contributed by atoms with Crippen LogP contribution in [-0.4, -0.2) is 21.4 Å². The molecule has 0 bridgehead atoms. The van der Waals surface area contributed by atoms with E-state index in [-0.39, 0.29) is 0 Å². The molecule has 0 aromatic rings. The minimum absolute atomic E-state index is 0.961. The van der Waals surface area contributed by atoms with Gasteiger partial charge < -0.3 is 0 Å². The molecule has 0 heterocycles. The first kappa shape index (κ1) is 10.9. The first-order chi connectivity index (χ1) is 4.57. The SMILES string of the molecule is C[CH2][In]([CH2]C(C)C)[CH](C)C. The van der Waals surface area contributed by atoms with Gasteiger partial charge in [-0.3, -0.25) is 0 Å². The van der Waals surface area contributed by atoms with Crippen molar-refractivity contribution in [2.75, 3.05) is 0 Å². The summed E-state index contributed by atoms with van der Waals surface area (Å²) < 4.78 is 4.24. The molecular weight excluding hydrogens is 223 g/mol.